The largest absolute Gasteiger partial charge is 0.494 e. The van der Waals surface area contributed by atoms with Gasteiger partial charge < -0.3 is 14.2 Å². The zero-order chi connectivity index (χ0) is 34.9. The Morgan fingerprint density at radius 2 is 0.688 bits per heavy atom. The van der Waals surface area contributed by atoms with Gasteiger partial charge in [-0.25, -0.2) is 0 Å². The highest BCUT2D eigenvalue weighted by molar-refractivity contribution is 14.1. The van der Waals surface area contributed by atoms with Crippen LogP contribution in [-0.2, 0) is 0 Å². The molecule has 0 amide bonds. The van der Waals surface area contributed by atoms with Crippen LogP contribution < -0.4 is 14.2 Å². The fourth-order valence-corrected chi connectivity index (χ4v) is 6.82. The second-order valence-corrected chi connectivity index (χ2v) is 15.8. The zero-order valence-corrected chi connectivity index (χ0v) is 35.9. The van der Waals surface area contributed by atoms with E-state index in [9.17, 15) is 0 Å². The minimum absolute atomic E-state index is 0.819. The maximum Gasteiger partial charge on any atom is 0.133 e. The topological polar surface area (TPSA) is 27.7 Å². The van der Waals surface area contributed by atoms with Gasteiger partial charge in [-0.2, -0.15) is 0 Å². The summed E-state index contributed by atoms with van der Waals surface area (Å²) in [6, 6.07) is 12.6. The van der Waals surface area contributed by atoms with Crippen LogP contribution in [0.3, 0.4) is 0 Å². The monoisotopic (exact) mass is 890 g/mol. The van der Waals surface area contributed by atoms with E-state index in [2.05, 4.69) is 109 Å². The number of benzene rings is 2. The lowest BCUT2D eigenvalue weighted by Gasteiger charge is -2.13. The van der Waals surface area contributed by atoms with Crippen molar-refractivity contribution in [3.63, 3.8) is 0 Å². The summed E-state index contributed by atoms with van der Waals surface area (Å²) in [7, 11) is 0. The van der Waals surface area contributed by atoms with E-state index in [0.29, 0.717) is 0 Å². The lowest BCUT2D eigenvalue weighted by atomic mass is 10.1. The van der Waals surface area contributed by atoms with Crippen molar-refractivity contribution in [3.05, 3.63) is 49.1 Å². The van der Waals surface area contributed by atoms with E-state index in [4.69, 9.17) is 14.2 Å². The van der Waals surface area contributed by atoms with Crippen molar-refractivity contribution in [1.82, 2.24) is 0 Å². The average Bonchev–Trinajstić information content (AvgIpc) is 3.09. The summed E-state index contributed by atoms with van der Waals surface area (Å²) in [6.45, 7) is 11.4. The number of ether oxygens (including phenoxy) is 3. The van der Waals surface area contributed by atoms with Crippen molar-refractivity contribution >= 4 is 45.2 Å². The van der Waals surface area contributed by atoms with Crippen LogP contribution in [0.4, 0.5) is 0 Å². The van der Waals surface area contributed by atoms with Gasteiger partial charge in [0, 0.05) is 0 Å². The summed E-state index contributed by atoms with van der Waals surface area (Å²) in [4.78, 5) is 0. The van der Waals surface area contributed by atoms with E-state index in [0.717, 1.165) is 57.1 Å². The van der Waals surface area contributed by atoms with Crippen molar-refractivity contribution in [2.45, 2.75) is 182 Å². The van der Waals surface area contributed by atoms with E-state index < -0.39 is 0 Å². The Bertz CT molecular complexity index is 931. The van der Waals surface area contributed by atoms with Gasteiger partial charge in [0.2, 0.25) is 0 Å². The number of aryl methyl sites for hydroxylation is 1. The molecule has 0 aliphatic heterocycles. The Hall–Kier alpha value is -0.700. The molecule has 0 aliphatic rings. The molecule has 48 heavy (non-hydrogen) atoms. The molecule has 0 saturated carbocycles. The zero-order valence-electron chi connectivity index (χ0n) is 31.5. The lowest BCUT2D eigenvalue weighted by molar-refractivity contribution is 0.293. The first kappa shape index (κ1) is 45.3. The van der Waals surface area contributed by atoms with Gasteiger partial charge in [0.25, 0.3) is 0 Å². The Labute approximate surface area is 325 Å². The van der Waals surface area contributed by atoms with Gasteiger partial charge in [0.15, 0.2) is 0 Å². The van der Waals surface area contributed by atoms with Crippen LogP contribution in [0, 0.1) is 14.1 Å². The van der Waals surface area contributed by atoms with Gasteiger partial charge in [-0.1, -0.05) is 173 Å². The Morgan fingerprint density at radius 1 is 0.396 bits per heavy atom. The second-order valence-electron chi connectivity index (χ2n) is 13.5. The van der Waals surface area contributed by atoms with Gasteiger partial charge in [-0.3, -0.25) is 0 Å². The molecule has 0 N–H and O–H groups in total. The smallest absolute Gasteiger partial charge is 0.133 e. The number of halogens is 2. The predicted molar refractivity (Wildman–Crippen MR) is 227 cm³/mol. The molecule has 0 bridgehead atoms. The van der Waals surface area contributed by atoms with E-state index >= 15 is 0 Å². The fraction of sp³-hybridized carbons (Fsp3) is 0.721. The quantitative estimate of drug-likeness (QED) is 0.0578. The van der Waals surface area contributed by atoms with Crippen LogP contribution in [0.15, 0.2) is 36.4 Å². The summed E-state index contributed by atoms with van der Waals surface area (Å²) in [6.07, 6.45) is 32.1. The molecule has 0 heterocycles. The first-order chi connectivity index (χ1) is 23.5. The second kappa shape index (κ2) is 33.4. The molecular weight excluding hydrogens is 818 g/mol. The lowest BCUT2D eigenvalue weighted by Crippen LogP contribution is -2.02. The molecule has 0 atom stereocenters. The predicted octanol–water partition coefficient (Wildman–Crippen LogP) is 15.4. The summed E-state index contributed by atoms with van der Waals surface area (Å²) in [5, 5.41) is 0. The number of hydrogen-bond donors (Lipinski definition) is 0. The molecule has 0 unspecified atom stereocenters. The summed E-state index contributed by atoms with van der Waals surface area (Å²) >= 11 is 4.74. The first-order valence-electron chi connectivity index (χ1n) is 20.0. The van der Waals surface area contributed by atoms with Crippen molar-refractivity contribution in [1.29, 1.82) is 0 Å². The Morgan fingerprint density at radius 3 is 1.02 bits per heavy atom. The fourth-order valence-electron chi connectivity index (χ4n) is 5.63. The third-order valence-electron chi connectivity index (χ3n) is 8.78. The van der Waals surface area contributed by atoms with Gasteiger partial charge in [-0.15, -0.1) is 0 Å². The SMILES string of the molecule is CCCCCCCCCCOc1cc(I)c(OCCCCCCCCCC)cc1I.CCCCCCCCCCOc1ccc(C)cc1. The van der Waals surface area contributed by atoms with Crippen LogP contribution in [0.25, 0.3) is 0 Å². The summed E-state index contributed by atoms with van der Waals surface area (Å²) in [5.41, 5.74) is 1.29. The van der Waals surface area contributed by atoms with Crippen molar-refractivity contribution in [3.8, 4) is 17.2 Å². The molecule has 276 valence electrons. The molecule has 0 aromatic heterocycles. The van der Waals surface area contributed by atoms with Gasteiger partial charge in [0.05, 0.1) is 27.0 Å². The molecule has 3 nitrogen and oxygen atoms in total. The third kappa shape index (κ3) is 26.2. The molecule has 2 rings (SSSR count). The summed E-state index contributed by atoms with van der Waals surface area (Å²) in [5.74, 6) is 3.01. The highest BCUT2D eigenvalue weighted by Gasteiger charge is 2.09. The van der Waals surface area contributed by atoms with E-state index in [1.165, 1.54) is 147 Å². The van der Waals surface area contributed by atoms with Gasteiger partial charge >= 0.3 is 0 Å². The van der Waals surface area contributed by atoms with E-state index in [-0.39, 0.29) is 0 Å². The minimum Gasteiger partial charge on any atom is -0.494 e. The van der Waals surface area contributed by atoms with Gasteiger partial charge in [-0.05, 0) is 95.6 Å². The van der Waals surface area contributed by atoms with Crippen LogP contribution in [0.1, 0.15) is 180 Å². The number of rotatable bonds is 30. The molecule has 0 radical (unpaired) electrons. The minimum atomic E-state index is 0.819. The van der Waals surface area contributed by atoms with Crippen molar-refractivity contribution in [2.75, 3.05) is 19.8 Å². The maximum atomic E-state index is 6.05. The first-order valence-corrected chi connectivity index (χ1v) is 22.1. The molecule has 5 heteroatoms. The third-order valence-corrected chi connectivity index (χ3v) is 10.5. The molecule has 0 saturated heterocycles. The molecule has 0 spiro atoms. The van der Waals surface area contributed by atoms with E-state index in [1.807, 2.05) is 0 Å². The van der Waals surface area contributed by atoms with Crippen LogP contribution >= 0.6 is 45.2 Å². The highest BCUT2D eigenvalue weighted by Crippen LogP contribution is 2.31. The van der Waals surface area contributed by atoms with Crippen molar-refractivity contribution in [2.24, 2.45) is 0 Å². The van der Waals surface area contributed by atoms with Crippen LogP contribution in [0.2, 0.25) is 0 Å². The molecule has 0 aliphatic carbocycles. The molecule has 0 fully saturated rings. The van der Waals surface area contributed by atoms with Crippen LogP contribution in [0.5, 0.6) is 17.2 Å². The number of unbranched alkanes of at least 4 members (excludes halogenated alkanes) is 21. The normalized spacial score (nSPS) is 10.9. The Balaban J connectivity index is 0.000000544. The average molecular weight is 891 g/mol. The number of hydrogen-bond acceptors (Lipinski definition) is 3. The molecule has 2 aromatic carbocycles. The standard InChI is InChI=1S/C26H44I2O2.C17H28O/c1-3-5-7-9-11-13-15-17-19-29-25-21-24(28)26(22-23(25)27)30-20-18-16-14-12-10-8-6-4-2;1-3-4-5-6-7-8-9-10-15-18-17-13-11-16(2)12-14-17/h21-22H,3-20H2,1-2H3;11-14H,3-10,15H2,1-2H3. The Kier molecular flexibility index (Phi) is 31.6. The van der Waals surface area contributed by atoms with Crippen LogP contribution in [-0.4, -0.2) is 19.8 Å². The molecule has 2 aromatic rings. The van der Waals surface area contributed by atoms with E-state index in [1.54, 1.807) is 0 Å². The maximum absolute atomic E-state index is 6.05. The highest BCUT2D eigenvalue weighted by atomic mass is 127. The molecular formula is C43H72I2O3. The van der Waals surface area contributed by atoms with Crippen molar-refractivity contribution < 1.29 is 14.2 Å². The summed E-state index contributed by atoms with van der Waals surface area (Å²) < 4.78 is 20.1. The van der Waals surface area contributed by atoms with Gasteiger partial charge in [0.1, 0.15) is 17.2 Å².